The molecule has 0 atom stereocenters. The number of ether oxygens (including phenoxy) is 1. The highest BCUT2D eigenvalue weighted by molar-refractivity contribution is 9.10. The molecule has 0 radical (unpaired) electrons. The third-order valence-electron chi connectivity index (χ3n) is 1.90. The molecule has 82 valence electrons. The molecule has 1 aromatic carbocycles. The molecule has 0 bridgehead atoms. The fraction of sp³-hybridized carbons (Fsp3) is 0. The average Bonchev–Trinajstić information content (AvgIpc) is 2.27. The van der Waals surface area contributed by atoms with Gasteiger partial charge in [-0.05, 0) is 28.1 Å². The first-order chi connectivity index (χ1) is 7.66. The van der Waals surface area contributed by atoms with Crippen molar-refractivity contribution >= 4 is 21.7 Å². The molecule has 3 nitrogen and oxygen atoms in total. The maximum Gasteiger partial charge on any atom is 0.170 e. The third kappa shape index (κ3) is 2.30. The van der Waals surface area contributed by atoms with Crippen LogP contribution in [0.15, 0.2) is 41.0 Å². The number of halogens is 2. The summed E-state index contributed by atoms with van der Waals surface area (Å²) >= 11 is 3.24. The zero-order valence-electron chi connectivity index (χ0n) is 8.15. The van der Waals surface area contributed by atoms with Crippen molar-refractivity contribution in [3.8, 4) is 11.5 Å². The van der Waals surface area contributed by atoms with Crippen molar-refractivity contribution in [1.82, 2.24) is 4.98 Å². The predicted octanol–water partition coefficient (Wildman–Crippen LogP) is 3.36. The number of benzene rings is 1. The molecular weight excluding hydrogens is 275 g/mol. The quantitative estimate of drug-likeness (QED) is 0.919. The lowest BCUT2D eigenvalue weighted by atomic mass is 10.3. The van der Waals surface area contributed by atoms with Crippen LogP contribution in [0.25, 0.3) is 0 Å². The van der Waals surface area contributed by atoms with Crippen LogP contribution in [-0.2, 0) is 0 Å². The van der Waals surface area contributed by atoms with E-state index in [-0.39, 0.29) is 11.6 Å². The average molecular weight is 283 g/mol. The van der Waals surface area contributed by atoms with Gasteiger partial charge in [0.25, 0.3) is 0 Å². The first kappa shape index (κ1) is 10.9. The molecule has 0 aliphatic rings. The highest BCUT2D eigenvalue weighted by Crippen LogP contribution is 2.29. The Morgan fingerprint density at radius 1 is 1.25 bits per heavy atom. The number of nitrogens with zero attached hydrogens (tertiary/aromatic N) is 1. The number of hydrogen-bond acceptors (Lipinski definition) is 3. The Balaban J connectivity index is 2.34. The summed E-state index contributed by atoms with van der Waals surface area (Å²) in [7, 11) is 0. The van der Waals surface area contributed by atoms with Crippen LogP contribution >= 0.6 is 15.9 Å². The van der Waals surface area contributed by atoms with Crippen molar-refractivity contribution < 1.29 is 9.13 Å². The second kappa shape index (κ2) is 4.49. The third-order valence-corrected chi connectivity index (χ3v) is 2.34. The Morgan fingerprint density at radius 2 is 2.00 bits per heavy atom. The number of nitrogens with two attached hydrogens (primary N) is 1. The Morgan fingerprint density at radius 3 is 2.75 bits per heavy atom. The molecule has 0 amide bonds. The summed E-state index contributed by atoms with van der Waals surface area (Å²) in [5.74, 6) is 0.210. The Bertz CT molecular complexity index is 519. The van der Waals surface area contributed by atoms with Crippen molar-refractivity contribution in [2.45, 2.75) is 0 Å². The lowest BCUT2D eigenvalue weighted by Gasteiger charge is -2.08. The summed E-state index contributed by atoms with van der Waals surface area (Å²) in [6.07, 6.45) is 1.55. The molecule has 0 aliphatic carbocycles. The maximum atomic E-state index is 13.3. The van der Waals surface area contributed by atoms with E-state index in [9.17, 15) is 4.39 Å². The standard InChI is InChI=1S/C11H8BrFN2O/c12-7-5-10(11(14)15-6-7)16-9-4-2-1-3-8(9)13/h1-6H,(H2,14,15). The number of rotatable bonds is 2. The molecule has 0 saturated heterocycles. The lowest BCUT2D eigenvalue weighted by Crippen LogP contribution is -1.96. The van der Waals surface area contributed by atoms with Gasteiger partial charge in [-0.2, -0.15) is 0 Å². The smallest absolute Gasteiger partial charge is 0.170 e. The number of pyridine rings is 1. The lowest BCUT2D eigenvalue weighted by molar-refractivity contribution is 0.442. The van der Waals surface area contributed by atoms with Crippen molar-refractivity contribution in [3.05, 3.63) is 46.8 Å². The zero-order valence-corrected chi connectivity index (χ0v) is 9.74. The number of anilines is 1. The summed E-state index contributed by atoms with van der Waals surface area (Å²) < 4.78 is 19.4. The van der Waals surface area contributed by atoms with E-state index in [1.165, 1.54) is 12.1 Å². The van der Waals surface area contributed by atoms with Gasteiger partial charge < -0.3 is 10.5 Å². The monoisotopic (exact) mass is 282 g/mol. The summed E-state index contributed by atoms with van der Waals surface area (Å²) in [5.41, 5.74) is 5.61. The molecule has 16 heavy (non-hydrogen) atoms. The van der Waals surface area contributed by atoms with E-state index < -0.39 is 5.82 Å². The molecule has 1 heterocycles. The topological polar surface area (TPSA) is 48.1 Å². The zero-order chi connectivity index (χ0) is 11.5. The molecular formula is C11H8BrFN2O. The van der Waals surface area contributed by atoms with Gasteiger partial charge in [0.05, 0.1) is 0 Å². The first-order valence-electron chi connectivity index (χ1n) is 4.50. The molecule has 2 aromatic rings. The Hall–Kier alpha value is -1.62. The van der Waals surface area contributed by atoms with Gasteiger partial charge in [-0.3, -0.25) is 0 Å². The van der Waals surface area contributed by atoms with Crippen LogP contribution in [-0.4, -0.2) is 4.98 Å². The van der Waals surface area contributed by atoms with Gasteiger partial charge in [0.1, 0.15) is 0 Å². The van der Waals surface area contributed by atoms with E-state index in [0.717, 1.165) is 0 Å². The molecule has 0 fully saturated rings. The molecule has 0 aliphatic heterocycles. The fourth-order valence-corrected chi connectivity index (χ4v) is 1.47. The van der Waals surface area contributed by atoms with Gasteiger partial charge in [0.15, 0.2) is 23.1 Å². The molecule has 0 unspecified atom stereocenters. The summed E-state index contributed by atoms with van der Waals surface area (Å²) in [6.45, 7) is 0. The molecule has 0 saturated carbocycles. The highest BCUT2D eigenvalue weighted by Gasteiger charge is 2.07. The minimum Gasteiger partial charge on any atom is -0.450 e. The summed E-state index contributed by atoms with van der Waals surface area (Å²) in [4.78, 5) is 3.89. The fourth-order valence-electron chi connectivity index (χ4n) is 1.16. The van der Waals surface area contributed by atoms with Gasteiger partial charge in [-0.25, -0.2) is 9.37 Å². The predicted molar refractivity (Wildman–Crippen MR) is 62.8 cm³/mol. The largest absolute Gasteiger partial charge is 0.450 e. The van der Waals surface area contributed by atoms with Crippen molar-refractivity contribution in [3.63, 3.8) is 0 Å². The van der Waals surface area contributed by atoms with Crippen LogP contribution in [0.4, 0.5) is 10.2 Å². The highest BCUT2D eigenvalue weighted by atomic mass is 79.9. The second-order valence-corrected chi connectivity index (χ2v) is 3.99. The molecule has 5 heteroatoms. The van der Waals surface area contributed by atoms with Gasteiger partial charge in [0, 0.05) is 16.7 Å². The first-order valence-corrected chi connectivity index (χ1v) is 5.29. The number of para-hydroxylation sites is 1. The van der Waals surface area contributed by atoms with E-state index >= 15 is 0 Å². The second-order valence-electron chi connectivity index (χ2n) is 3.07. The van der Waals surface area contributed by atoms with Crippen LogP contribution in [0.5, 0.6) is 11.5 Å². The van der Waals surface area contributed by atoms with E-state index in [0.29, 0.717) is 10.2 Å². The maximum absolute atomic E-state index is 13.3. The van der Waals surface area contributed by atoms with E-state index in [1.807, 2.05) is 0 Å². The van der Waals surface area contributed by atoms with Crippen LogP contribution in [0.1, 0.15) is 0 Å². The van der Waals surface area contributed by atoms with E-state index in [2.05, 4.69) is 20.9 Å². The van der Waals surface area contributed by atoms with Crippen LogP contribution in [0.3, 0.4) is 0 Å². The SMILES string of the molecule is Nc1ncc(Br)cc1Oc1ccccc1F. The van der Waals surface area contributed by atoms with E-state index in [4.69, 9.17) is 10.5 Å². The Kier molecular flexibility index (Phi) is 3.05. The normalized spacial score (nSPS) is 10.1. The number of hydrogen-bond donors (Lipinski definition) is 1. The van der Waals surface area contributed by atoms with Gasteiger partial charge in [-0.1, -0.05) is 12.1 Å². The van der Waals surface area contributed by atoms with Crippen LogP contribution < -0.4 is 10.5 Å². The van der Waals surface area contributed by atoms with Crippen molar-refractivity contribution in [1.29, 1.82) is 0 Å². The van der Waals surface area contributed by atoms with E-state index in [1.54, 1.807) is 24.4 Å². The van der Waals surface area contributed by atoms with Crippen molar-refractivity contribution in [2.75, 3.05) is 5.73 Å². The summed E-state index contributed by atoms with van der Waals surface area (Å²) in [5, 5.41) is 0. The number of aromatic nitrogens is 1. The Labute approximate surface area is 100 Å². The molecule has 2 N–H and O–H groups in total. The number of nitrogen functional groups attached to an aromatic ring is 1. The minimum absolute atomic E-state index is 0.120. The van der Waals surface area contributed by atoms with Gasteiger partial charge >= 0.3 is 0 Å². The molecule has 2 rings (SSSR count). The van der Waals surface area contributed by atoms with Gasteiger partial charge in [-0.15, -0.1) is 0 Å². The molecule has 0 spiro atoms. The van der Waals surface area contributed by atoms with Crippen LogP contribution in [0, 0.1) is 5.82 Å². The van der Waals surface area contributed by atoms with Crippen LogP contribution in [0.2, 0.25) is 0 Å². The minimum atomic E-state index is -0.443. The molecule has 1 aromatic heterocycles. The van der Waals surface area contributed by atoms with Crippen molar-refractivity contribution in [2.24, 2.45) is 0 Å². The van der Waals surface area contributed by atoms with Gasteiger partial charge in [0.2, 0.25) is 0 Å². The summed E-state index contributed by atoms with van der Waals surface area (Å²) in [6, 6.07) is 7.74.